The van der Waals surface area contributed by atoms with Crippen LogP contribution in [0.3, 0.4) is 0 Å². The summed E-state index contributed by atoms with van der Waals surface area (Å²) in [5, 5.41) is 0. The minimum atomic E-state index is -0.263. The van der Waals surface area contributed by atoms with E-state index in [1.165, 1.54) is 79.2 Å². The van der Waals surface area contributed by atoms with Crippen molar-refractivity contribution in [3.63, 3.8) is 0 Å². The maximum atomic E-state index is 7.45. The van der Waals surface area contributed by atoms with Crippen molar-refractivity contribution in [2.45, 2.75) is 221 Å². The molecule has 0 aromatic heterocycles. The molecule has 8 bridgehead atoms. The van der Waals surface area contributed by atoms with Crippen LogP contribution in [0.15, 0.2) is 194 Å². The van der Waals surface area contributed by atoms with E-state index in [9.17, 15) is 0 Å². The first-order valence-corrected chi connectivity index (χ1v) is 34.7. The molecule has 0 spiro atoms. The average Bonchev–Trinajstić information content (AvgIpc) is 0.848. The van der Waals surface area contributed by atoms with Gasteiger partial charge in [-0.25, -0.2) is 0 Å². The standard InChI is InChI=1S/C88H104O5/c1-13-14-15-16-17-18-19-32-45-88(11,12)93-80-43-41-63(42-44-80)46-68-47-69-49-71-53-77(85(2,3)4)55-73(82(71)90-60-65-35-26-21-27-36-65)51-75-57-79(87(8,9)10)58-76(84(75)92-62-67-39-30-23-31-40-67)52-74-56-78(86(5,6)7)54-72(83(74)91-61-66-37-28-22-29-38-66)50-70(48-68)81(69)89-59-64-33-24-20-25-34-64/h20-31,33-44,47-48,53-58H,13-19,32,45-46,49-52,59-62H2,1-12H3. The van der Waals surface area contributed by atoms with Crippen molar-refractivity contribution < 1.29 is 23.7 Å². The molecule has 0 atom stereocenters. The molecular formula is C88H104O5. The molecule has 93 heavy (non-hydrogen) atoms. The lowest BCUT2D eigenvalue weighted by Gasteiger charge is -2.29. The van der Waals surface area contributed by atoms with Crippen LogP contribution in [0.5, 0.6) is 28.7 Å². The average molecular weight is 1240 g/mol. The van der Waals surface area contributed by atoms with Gasteiger partial charge in [-0.1, -0.05) is 296 Å². The van der Waals surface area contributed by atoms with Crippen molar-refractivity contribution in [2.75, 3.05) is 0 Å². The maximum Gasteiger partial charge on any atom is 0.126 e. The lowest BCUT2D eigenvalue weighted by molar-refractivity contribution is 0.0960. The predicted molar refractivity (Wildman–Crippen MR) is 387 cm³/mol. The van der Waals surface area contributed by atoms with Crippen LogP contribution in [0.1, 0.15) is 235 Å². The Morgan fingerprint density at radius 2 is 0.570 bits per heavy atom. The van der Waals surface area contributed by atoms with Gasteiger partial charge in [0.2, 0.25) is 0 Å². The smallest absolute Gasteiger partial charge is 0.126 e. The SMILES string of the molecule is CCCCCCCCCCC(C)(C)Oc1ccc(Cc2cc3c(OCc4ccccc4)c(c2)Cc2cc(C(C)(C)C)cc(c2OCc2ccccc2)Cc2cc(C(C)(C)C)cc(c2OCc2ccccc2)Cc2cc(C(C)(C)C)cc(c2OCc2ccccc2)C3)cc1. The van der Waals surface area contributed by atoms with E-state index in [4.69, 9.17) is 23.7 Å². The zero-order valence-electron chi connectivity index (χ0n) is 58.2. The highest BCUT2D eigenvalue weighted by molar-refractivity contribution is 5.60. The first kappa shape index (κ1) is 67.9. The van der Waals surface area contributed by atoms with Crippen LogP contribution in [0.2, 0.25) is 0 Å². The Morgan fingerprint density at radius 1 is 0.290 bits per heavy atom. The largest absolute Gasteiger partial charge is 0.488 e. The summed E-state index contributed by atoms with van der Waals surface area (Å²) in [5.41, 5.74) is 18.7. The van der Waals surface area contributed by atoms with Gasteiger partial charge < -0.3 is 23.7 Å². The highest BCUT2D eigenvalue weighted by Crippen LogP contribution is 2.45. The molecule has 0 heterocycles. The van der Waals surface area contributed by atoms with Crippen molar-refractivity contribution >= 4 is 0 Å². The Kier molecular flexibility index (Phi) is 22.5. The normalized spacial score (nSPS) is 12.7. The summed E-state index contributed by atoms with van der Waals surface area (Å²) in [6.07, 6.45) is 14.4. The number of hydrogen-bond acceptors (Lipinski definition) is 5. The summed E-state index contributed by atoms with van der Waals surface area (Å²) in [6, 6.07) is 70.7. The van der Waals surface area contributed by atoms with Gasteiger partial charge in [0.15, 0.2) is 0 Å². The van der Waals surface area contributed by atoms with Crippen molar-refractivity contribution in [1.82, 2.24) is 0 Å². The number of unbranched alkanes of at least 4 members (excludes halogenated alkanes) is 7. The van der Waals surface area contributed by atoms with E-state index in [-0.39, 0.29) is 21.8 Å². The van der Waals surface area contributed by atoms with Gasteiger partial charge in [0, 0.05) is 25.7 Å². The summed E-state index contributed by atoms with van der Waals surface area (Å²) >= 11 is 0. The van der Waals surface area contributed by atoms with Crippen molar-refractivity contribution in [1.29, 1.82) is 0 Å². The summed E-state index contributed by atoms with van der Waals surface area (Å²) in [4.78, 5) is 0. The molecule has 10 rings (SSSR count). The molecule has 0 aliphatic heterocycles. The number of hydrogen-bond donors (Lipinski definition) is 0. The predicted octanol–water partition coefficient (Wildman–Crippen LogP) is 22.9. The Morgan fingerprint density at radius 3 is 0.860 bits per heavy atom. The fourth-order valence-corrected chi connectivity index (χ4v) is 13.0. The summed E-state index contributed by atoms with van der Waals surface area (Å²) < 4.78 is 36.4. The first-order chi connectivity index (χ1) is 44.6. The van der Waals surface area contributed by atoms with E-state index in [0.717, 1.165) is 102 Å². The Bertz CT molecular complexity index is 3680. The topological polar surface area (TPSA) is 46.2 Å². The highest BCUT2D eigenvalue weighted by atomic mass is 16.5. The third-order valence-electron chi connectivity index (χ3n) is 18.4. The lowest BCUT2D eigenvalue weighted by atomic mass is 9.80. The van der Waals surface area contributed by atoms with Gasteiger partial charge in [-0.05, 0) is 156 Å². The second kappa shape index (κ2) is 30.8. The zero-order valence-corrected chi connectivity index (χ0v) is 58.2. The molecule has 0 unspecified atom stereocenters. The Labute approximate surface area is 559 Å². The van der Waals surface area contributed by atoms with E-state index in [0.29, 0.717) is 58.5 Å². The van der Waals surface area contributed by atoms with Crippen LogP contribution < -0.4 is 23.7 Å². The van der Waals surface area contributed by atoms with Crippen LogP contribution in [-0.4, -0.2) is 5.60 Å². The molecule has 0 saturated carbocycles. The molecule has 5 nitrogen and oxygen atoms in total. The van der Waals surface area contributed by atoms with Gasteiger partial charge in [0.25, 0.3) is 0 Å². The van der Waals surface area contributed by atoms with Gasteiger partial charge >= 0.3 is 0 Å². The van der Waals surface area contributed by atoms with E-state index in [1.807, 2.05) is 0 Å². The molecular weight excluding hydrogens is 1140 g/mol. The summed E-state index contributed by atoms with van der Waals surface area (Å²) in [6.45, 7) is 29.4. The summed E-state index contributed by atoms with van der Waals surface area (Å²) in [7, 11) is 0. The van der Waals surface area contributed by atoms with Crippen LogP contribution in [-0.2, 0) is 74.8 Å². The Balaban J connectivity index is 1.18. The second-order valence-corrected chi connectivity index (χ2v) is 30.1. The quantitative estimate of drug-likeness (QED) is 0.0534. The maximum absolute atomic E-state index is 7.45. The molecule has 0 radical (unpaired) electrons. The van der Waals surface area contributed by atoms with Crippen LogP contribution in [0.25, 0.3) is 0 Å². The molecule has 0 fully saturated rings. The molecule has 0 amide bonds. The van der Waals surface area contributed by atoms with Crippen LogP contribution in [0, 0.1) is 0 Å². The Hall–Kier alpha value is -8.02. The van der Waals surface area contributed by atoms with Crippen molar-refractivity contribution in [2.24, 2.45) is 0 Å². The first-order valence-electron chi connectivity index (χ1n) is 34.7. The molecule has 486 valence electrons. The molecule has 1 aliphatic rings. The number of fused-ring (bicyclic) bond motifs is 8. The van der Waals surface area contributed by atoms with Gasteiger partial charge in [-0.3, -0.25) is 0 Å². The second-order valence-electron chi connectivity index (χ2n) is 30.1. The lowest BCUT2D eigenvalue weighted by Crippen LogP contribution is -2.28. The van der Waals surface area contributed by atoms with E-state index < -0.39 is 0 Å². The zero-order chi connectivity index (χ0) is 65.6. The van der Waals surface area contributed by atoms with Crippen molar-refractivity contribution in [3.05, 3.63) is 289 Å². The number of benzene rings is 9. The van der Waals surface area contributed by atoms with Gasteiger partial charge in [0.1, 0.15) is 60.8 Å². The van der Waals surface area contributed by atoms with Crippen LogP contribution >= 0.6 is 0 Å². The van der Waals surface area contributed by atoms with E-state index >= 15 is 0 Å². The van der Waals surface area contributed by atoms with Gasteiger partial charge in [-0.2, -0.15) is 0 Å². The van der Waals surface area contributed by atoms with E-state index in [1.54, 1.807) is 0 Å². The number of ether oxygens (including phenoxy) is 5. The monoisotopic (exact) mass is 1240 g/mol. The summed E-state index contributed by atoms with van der Waals surface area (Å²) in [5.74, 6) is 4.50. The van der Waals surface area contributed by atoms with Gasteiger partial charge in [0.05, 0.1) is 0 Å². The fourth-order valence-electron chi connectivity index (χ4n) is 13.0. The minimum Gasteiger partial charge on any atom is -0.488 e. The molecule has 0 N–H and O–H groups in total. The van der Waals surface area contributed by atoms with Crippen LogP contribution in [0.4, 0.5) is 0 Å². The number of rotatable bonds is 25. The molecule has 9 aromatic carbocycles. The van der Waals surface area contributed by atoms with Gasteiger partial charge in [-0.15, -0.1) is 0 Å². The third kappa shape index (κ3) is 19.1. The third-order valence-corrected chi connectivity index (χ3v) is 18.4. The molecule has 9 aromatic rings. The van der Waals surface area contributed by atoms with Crippen molar-refractivity contribution in [3.8, 4) is 28.7 Å². The van der Waals surface area contributed by atoms with E-state index in [2.05, 4.69) is 277 Å². The highest BCUT2D eigenvalue weighted by Gasteiger charge is 2.30. The molecule has 1 aliphatic carbocycles. The molecule has 0 saturated heterocycles. The minimum absolute atomic E-state index is 0.186. The fraction of sp³-hybridized carbons (Fsp3) is 0.386. The molecule has 5 heteroatoms.